The third kappa shape index (κ3) is 3.87. The van der Waals surface area contributed by atoms with Crippen molar-refractivity contribution in [3.05, 3.63) is 36.4 Å². The zero-order chi connectivity index (χ0) is 15.9. The molecule has 0 spiro atoms. The number of rotatable bonds is 5. The highest BCUT2D eigenvalue weighted by Gasteiger charge is 2.28. The number of benzene rings is 1. The molecule has 1 fully saturated rings. The van der Waals surface area contributed by atoms with Crippen molar-refractivity contribution in [2.75, 3.05) is 19.1 Å². The van der Waals surface area contributed by atoms with Crippen molar-refractivity contribution in [3.63, 3.8) is 0 Å². The highest BCUT2D eigenvalue weighted by atomic mass is 16.5. The monoisotopic (exact) mass is 303 g/mol. The van der Waals surface area contributed by atoms with Gasteiger partial charge in [-0.15, -0.1) is 0 Å². The third-order valence-corrected chi connectivity index (χ3v) is 3.78. The average molecular weight is 303 g/mol. The second-order valence-corrected chi connectivity index (χ2v) is 5.17. The van der Waals surface area contributed by atoms with Gasteiger partial charge < -0.3 is 14.4 Å². The molecule has 1 atom stereocenters. The fourth-order valence-corrected chi connectivity index (χ4v) is 2.65. The summed E-state index contributed by atoms with van der Waals surface area (Å²) in [6, 6.07) is 7.53. The topological polar surface area (TPSA) is 55.8 Å². The van der Waals surface area contributed by atoms with E-state index in [-0.39, 0.29) is 17.9 Å². The first-order chi connectivity index (χ1) is 10.7. The Morgan fingerprint density at radius 1 is 1.32 bits per heavy atom. The number of amides is 1. The molecule has 0 aromatic heterocycles. The molecule has 5 nitrogen and oxygen atoms in total. The van der Waals surface area contributed by atoms with E-state index in [9.17, 15) is 9.59 Å². The van der Waals surface area contributed by atoms with Gasteiger partial charge in [0.15, 0.2) is 0 Å². The van der Waals surface area contributed by atoms with Gasteiger partial charge in [0.25, 0.3) is 0 Å². The first kappa shape index (κ1) is 16.1. The number of ether oxygens (including phenoxy) is 2. The van der Waals surface area contributed by atoms with Gasteiger partial charge in [0, 0.05) is 24.2 Å². The maximum Gasteiger partial charge on any atom is 0.330 e. The number of anilines is 1. The summed E-state index contributed by atoms with van der Waals surface area (Å²) < 4.78 is 9.73. The number of hydrogen-bond acceptors (Lipinski definition) is 4. The first-order valence-electron chi connectivity index (χ1n) is 7.36. The Morgan fingerprint density at radius 2 is 2.05 bits per heavy atom. The van der Waals surface area contributed by atoms with Crippen LogP contribution in [0.5, 0.6) is 5.75 Å². The fourth-order valence-electron chi connectivity index (χ4n) is 2.65. The molecule has 2 rings (SSSR count). The average Bonchev–Trinajstić information content (AvgIpc) is 2.55. The van der Waals surface area contributed by atoms with Crippen molar-refractivity contribution in [1.29, 1.82) is 0 Å². The van der Waals surface area contributed by atoms with E-state index in [2.05, 4.69) is 4.74 Å². The van der Waals surface area contributed by atoms with Crippen LogP contribution < -0.4 is 9.64 Å². The molecule has 1 heterocycles. The van der Waals surface area contributed by atoms with Gasteiger partial charge in [-0.25, -0.2) is 4.79 Å². The molecule has 1 aromatic rings. The molecule has 1 aromatic carbocycles. The lowest BCUT2D eigenvalue weighted by Crippen LogP contribution is -2.43. The molecule has 0 saturated carbocycles. The van der Waals surface area contributed by atoms with Gasteiger partial charge >= 0.3 is 5.97 Å². The van der Waals surface area contributed by atoms with Crippen LogP contribution >= 0.6 is 0 Å². The van der Waals surface area contributed by atoms with Crippen molar-refractivity contribution in [3.8, 4) is 5.75 Å². The summed E-state index contributed by atoms with van der Waals surface area (Å²) in [6.07, 6.45) is 6.17. The summed E-state index contributed by atoms with van der Waals surface area (Å²) in [5.41, 5.74) is 0.863. The van der Waals surface area contributed by atoms with Crippen LogP contribution in [-0.2, 0) is 14.3 Å². The predicted octanol–water partition coefficient (Wildman–Crippen LogP) is 2.70. The second-order valence-electron chi connectivity index (χ2n) is 5.17. The minimum atomic E-state index is -0.377. The van der Waals surface area contributed by atoms with Crippen LogP contribution in [0.25, 0.3) is 0 Å². The highest BCUT2D eigenvalue weighted by Crippen LogP contribution is 2.29. The molecule has 1 saturated heterocycles. The van der Waals surface area contributed by atoms with Crippen LogP contribution in [0.2, 0.25) is 0 Å². The minimum Gasteiger partial charge on any atom is -0.497 e. The molecule has 22 heavy (non-hydrogen) atoms. The molecule has 0 radical (unpaired) electrons. The molecule has 0 bridgehead atoms. The third-order valence-electron chi connectivity index (χ3n) is 3.78. The van der Waals surface area contributed by atoms with Crippen LogP contribution in [0.4, 0.5) is 5.69 Å². The summed E-state index contributed by atoms with van der Waals surface area (Å²) in [7, 11) is 2.96. The Balaban J connectivity index is 2.13. The quantitative estimate of drug-likeness (QED) is 0.620. The number of piperidine rings is 1. The lowest BCUT2D eigenvalue weighted by atomic mass is 9.97. The number of hydrogen-bond donors (Lipinski definition) is 0. The maximum atomic E-state index is 12.3. The maximum absolute atomic E-state index is 12.3. The molecule has 1 amide bonds. The summed E-state index contributed by atoms with van der Waals surface area (Å²) in [6.45, 7) is 0. The van der Waals surface area contributed by atoms with Crippen LogP contribution in [0.1, 0.15) is 25.7 Å². The van der Waals surface area contributed by atoms with Gasteiger partial charge in [0.1, 0.15) is 5.75 Å². The molecule has 0 aliphatic carbocycles. The Morgan fingerprint density at radius 3 is 2.68 bits per heavy atom. The Hall–Kier alpha value is -2.30. The highest BCUT2D eigenvalue weighted by molar-refractivity contribution is 5.94. The molecular weight excluding hydrogens is 282 g/mol. The number of nitrogens with zero attached hydrogens (tertiary/aromatic N) is 1. The van der Waals surface area contributed by atoms with Crippen LogP contribution in [0.15, 0.2) is 36.4 Å². The van der Waals surface area contributed by atoms with Gasteiger partial charge in [-0.2, -0.15) is 0 Å². The number of carbonyl (C=O) groups excluding carboxylic acids is 2. The summed E-state index contributed by atoms with van der Waals surface area (Å²) >= 11 is 0. The van der Waals surface area contributed by atoms with Crippen LogP contribution in [0, 0.1) is 0 Å². The van der Waals surface area contributed by atoms with E-state index in [0.717, 1.165) is 24.3 Å². The smallest absolute Gasteiger partial charge is 0.330 e. The summed E-state index contributed by atoms with van der Waals surface area (Å²) in [4.78, 5) is 25.3. The van der Waals surface area contributed by atoms with Gasteiger partial charge in [-0.3, -0.25) is 4.79 Å². The molecule has 5 heteroatoms. The normalized spacial score (nSPS) is 18.5. The van der Waals surface area contributed by atoms with Gasteiger partial charge in [-0.05, 0) is 43.5 Å². The second kappa shape index (κ2) is 7.64. The van der Waals surface area contributed by atoms with Crippen molar-refractivity contribution < 1.29 is 19.1 Å². The molecule has 1 aliphatic rings. The Labute approximate surface area is 130 Å². The molecular formula is C17H21NO4. The van der Waals surface area contributed by atoms with Gasteiger partial charge in [-0.1, -0.05) is 6.08 Å². The van der Waals surface area contributed by atoms with E-state index in [0.29, 0.717) is 12.8 Å². The van der Waals surface area contributed by atoms with Gasteiger partial charge in [0.2, 0.25) is 5.91 Å². The number of methoxy groups -OCH3 is 2. The van der Waals surface area contributed by atoms with Gasteiger partial charge in [0.05, 0.1) is 14.2 Å². The van der Waals surface area contributed by atoms with Crippen molar-refractivity contribution in [1.82, 2.24) is 0 Å². The SMILES string of the molecule is COC(=O)/C=C/C[C@H]1CCCC(=O)N1c1ccc(OC)cc1. The largest absolute Gasteiger partial charge is 0.497 e. The van der Waals surface area contributed by atoms with E-state index in [1.165, 1.54) is 13.2 Å². The zero-order valence-corrected chi connectivity index (χ0v) is 13.0. The van der Waals surface area contributed by atoms with Crippen LogP contribution in [-0.4, -0.2) is 32.1 Å². The van der Waals surface area contributed by atoms with E-state index in [4.69, 9.17) is 4.74 Å². The zero-order valence-electron chi connectivity index (χ0n) is 13.0. The molecule has 118 valence electrons. The Bertz CT molecular complexity index is 550. The predicted molar refractivity (Wildman–Crippen MR) is 83.9 cm³/mol. The standard InChI is InChI=1S/C17H21NO4/c1-21-15-11-9-14(10-12-15)18-13(5-3-7-16(18)19)6-4-8-17(20)22-2/h4,8-13H,3,5-7H2,1-2H3/b8-4+/t13-/m1/s1. The molecule has 0 N–H and O–H groups in total. The molecule has 0 unspecified atom stereocenters. The first-order valence-corrected chi connectivity index (χ1v) is 7.36. The summed E-state index contributed by atoms with van der Waals surface area (Å²) in [5.74, 6) is 0.501. The van der Waals surface area contributed by atoms with E-state index in [1.807, 2.05) is 29.2 Å². The number of carbonyl (C=O) groups is 2. The van der Waals surface area contributed by atoms with Crippen LogP contribution in [0.3, 0.4) is 0 Å². The molecule has 1 aliphatic heterocycles. The van der Waals surface area contributed by atoms with E-state index >= 15 is 0 Å². The van der Waals surface area contributed by atoms with E-state index < -0.39 is 0 Å². The lowest BCUT2D eigenvalue weighted by molar-refractivity contribution is -0.134. The lowest BCUT2D eigenvalue weighted by Gasteiger charge is -2.35. The van der Waals surface area contributed by atoms with Crippen molar-refractivity contribution in [2.24, 2.45) is 0 Å². The van der Waals surface area contributed by atoms with Crippen molar-refractivity contribution in [2.45, 2.75) is 31.7 Å². The number of esters is 1. The minimum absolute atomic E-state index is 0.0653. The fraction of sp³-hybridized carbons (Fsp3) is 0.412. The Kier molecular flexibility index (Phi) is 5.58. The summed E-state index contributed by atoms with van der Waals surface area (Å²) in [5, 5.41) is 0. The van der Waals surface area contributed by atoms with Crippen molar-refractivity contribution >= 4 is 17.6 Å². The van der Waals surface area contributed by atoms with E-state index in [1.54, 1.807) is 13.2 Å².